The summed E-state index contributed by atoms with van der Waals surface area (Å²) in [6, 6.07) is 5.57. The van der Waals surface area contributed by atoms with Crippen LogP contribution in [0.5, 0.6) is 0 Å². The molecule has 1 amide bonds. The quantitative estimate of drug-likeness (QED) is 0.759. The van der Waals surface area contributed by atoms with Gasteiger partial charge in [0.1, 0.15) is 0 Å². The van der Waals surface area contributed by atoms with Crippen molar-refractivity contribution in [2.45, 2.75) is 57.3 Å². The summed E-state index contributed by atoms with van der Waals surface area (Å²) < 4.78 is 27.9. The molecule has 0 aromatic heterocycles. The van der Waals surface area contributed by atoms with E-state index in [2.05, 4.69) is 0 Å². The molecule has 0 unspecified atom stereocenters. The van der Waals surface area contributed by atoms with Crippen LogP contribution in [-0.4, -0.2) is 49.7 Å². The lowest BCUT2D eigenvalue weighted by Crippen LogP contribution is -2.58. The molecule has 6 heteroatoms. The van der Waals surface area contributed by atoms with Gasteiger partial charge in [-0.1, -0.05) is 12.1 Å². The third-order valence-corrected chi connectivity index (χ3v) is 10.0. The average molecular weight is 417 g/mol. The molecule has 5 fully saturated rings. The van der Waals surface area contributed by atoms with Crippen molar-refractivity contribution < 1.29 is 13.2 Å². The third-order valence-electron chi connectivity index (χ3n) is 7.98. The Labute approximate surface area is 174 Å². The summed E-state index contributed by atoms with van der Waals surface area (Å²) in [5.74, 6) is 2.56. The normalized spacial score (nSPS) is 34.6. The zero-order valence-electron chi connectivity index (χ0n) is 17.6. The van der Waals surface area contributed by atoms with Gasteiger partial charge in [-0.2, -0.15) is 4.31 Å². The van der Waals surface area contributed by atoms with Gasteiger partial charge >= 0.3 is 0 Å². The number of piperazine rings is 1. The van der Waals surface area contributed by atoms with Crippen LogP contribution in [0.4, 0.5) is 0 Å². The first-order chi connectivity index (χ1) is 13.8. The number of hydrogen-bond acceptors (Lipinski definition) is 3. The number of sulfonamides is 1. The van der Waals surface area contributed by atoms with Gasteiger partial charge in [0.25, 0.3) is 0 Å². The molecule has 1 saturated heterocycles. The number of amides is 1. The highest BCUT2D eigenvalue weighted by Crippen LogP contribution is 2.60. The Kier molecular flexibility index (Phi) is 4.59. The van der Waals surface area contributed by atoms with Crippen LogP contribution in [0.2, 0.25) is 0 Å². The van der Waals surface area contributed by atoms with E-state index >= 15 is 0 Å². The molecule has 5 aliphatic rings. The maximum atomic E-state index is 13.5. The van der Waals surface area contributed by atoms with Gasteiger partial charge in [-0.15, -0.1) is 0 Å². The van der Waals surface area contributed by atoms with Crippen molar-refractivity contribution in [3.05, 3.63) is 29.3 Å². The molecule has 0 radical (unpaired) electrons. The summed E-state index contributed by atoms with van der Waals surface area (Å²) in [5, 5.41) is 0. The number of hydrogen-bond donors (Lipinski definition) is 0. The molecule has 1 aromatic rings. The van der Waals surface area contributed by atoms with E-state index in [1.807, 2.05) is 30.9 Å². The van der Waals surface area contributed by atoms with E-state index in [4.69, 9.17) is 0 Å². The number of carbonyl (C=O) groups is 1. The molecule has 1 aliphatic heterocycles. The van der Waals surface area contributed by atoms with Crippen molar-refractivity contribution >= 4 is 15.9 Å². The molecule has 1 heterocycles. The van der Waals surface area contributed by atoms with Crippen LogP contribution < -0.4 is 0 Å². The second-order valence-electron chi connectivity index (χ2n) is 10.2. The largest absolute Gasteiger partial charge is 0.340 e. The summed E-state index contributed by atoms with van der Waals surface area (Å²) in [4.78, 5) is 15.9. The van der Waals surface area contributed by atoms with Gasteiger partial charge < -0.3 is 4.90 Å². The van der Waals surface area contributed by atoms with E-state index < -0.39 is 10.0 Å². The molecular weight excluding hydrogens is 384 g/mol. The molecule has 5 nitrogen and oxygen atoms in total. The number of rotatable bonds is 3. The van der Waals surface area contributed by atoms with E-state index in [-0.39, 0.29) is 5.41 Å². The first-order valence-corrected chi connectivity index (χ1v) is 12.6. The maximum absolute atomic E-state index is 13.5. The molecule has 6 rings (SSSR count). The van der Waals surface area contributed by atoms with Crippen LogP contribution >= 0.6 is 0 Å². The highest BCUT2D eigenvalue weighted by atomic mass is 32.2. The third kappa shape index (κ3) is 3.23. The van der Waals surface area contributed by atoms with Gasteiger partial charge in [-0.05, 0) is 87.3 Å². The fourth-order valence-corrected chi connectivity index (χ4v) is 8.70. The zero-order valence-corrected chi connectivity index (χ0v) is 18.4. The van der Waals surface area contributed by atoms with E-state index in [9.17, 15) is 13.2 Å². The molecule has 1 aromatic carbocycles. The maximum Gasteiger partial charge on any atom is 0.243 e. The molecule has 0 spiro atoms. The van der Waals surface area contributed by atoms with E-state index in [0.717, 1.165) is 48.1 Å². The van der Waals surface area contributed by atoms with Gasteiger partial charge in [0, 0.05) is 26.2 Å². The minimum Gasteiger partial charge on any atom is -0.340 e. The molecule has 158 valence electrons. The Morgan fingerprint density at radius 1 is 0.931 bits per heavy atom. The Morgan fingerprint density at radius 2 is 1.48 bits per heavy atom. The highest BCUT2D eigenvalue weighted by Gasteiger charge is 2.55. The van der Waals surface area contributed by atoms with Crippen LogP contribution in [-0.2, 0) is 14.8 Å². The van der Waals surface area contributed by atoms with Crippen LogP contribution in [0.1, 0.15) is 49.7 Å². The molecule has 0 N–H and O–H groups in total. The van der Waals surface area contributed by atoms with Crippen LogP contribution in [0, 0.1) is 37.0 Å². The van der Waals surface area contributed by atoms with Crippen molar-refractivity contribution in [3.8, 4) is 0 Å². The second-order valence-corrected chi connectivity index (χ2v) is 12.1. The predicted octanol–water partition coefficient (Wildman–Crippen LogP) is 3.35. The molecule has 4 aliphatic carbocycles. The van der Waals surface area contributed by atoms with Crippen molar-refractivity contribution in [3.63, 3.8) is 0 Å². The Morgan fingerprint density at radius 3 is 2.03 bits per heavy atom. The second kappa shape index (κ2) is 6.81. The van der Waals surface area contributed by atoms with Gasteiger partial charge in [0.15, 0.2) is 0 Å². The summed E-state index contributed by atoms with van der Waals surface area (Å²) in [6.07, 6.45) is 7.19. The molecule has 4 saturated carbocycles. The van der Waals surface area contributed by atoms with Crippen molar-refractivity contribution in [2.75, 3.05) is 26.2 Å². The number of aryl methyl sites for hydroxylation is 2. The summed E-state index contributed by atoms with van der Waals surface area (Å²) in [7, 11) is -3.51. The summed E-state index contributed by atoms with van der Waals surface area (Å²) >= 11 is 0. The van der Waals surface area contributed by atoms with E-state index in [0.29, 0.717) is 37.0 Å². The Hall–Kier alpha value is -1.40. The minimum atomic E-state index is -3.51. The lowest BCUT2D eigenvalue weighted by molar-refractivity contribution is -0.158. The average Bonchev–Trinajstić information content (AvgIpc) is 2.68. The SMILES string of the molecule is Cc1ccc(C)c(S(=O)(=O)N2CCN(C(=O)C34CC5CC(CC(C5)C3)C4)CC2)c1. The van der Waals surface area contributed by atoms with E-state index in [1.165, 1.54) is 19.3 Å². The molecule has 4 bridgehead atoms. The highest BCUT2D eigenvalue weighted by molar-refractivity contribution is 7.89. The van der Waals surface area contributed by atoms with Gasteiger partial charge in [-0.25, -0.2) is 8.42 Å². The lowest BCUT2D eigenvalue weighted by atomic mass is 9.49. The summed E-state index contributed by atoms with van der Waals surface area (Å²) in [5.41, 5.74) is 1.59. The van der Waals surface area contributed by atoms with Crippen molar-refractivity contribution in [1.29, 1.82) is 0 Å². The number of carbonyl (C=O) groups excluding carboxylic acids is 1. The fraction of sp³-hybridized carbons (Fsp3) is 0.696. The first-order valence-electron chi connectivity index (χ1n) is 11.1. The molecular formula is C23H32N2O3S. The van der Waals surface area contributed by atoms with Crippen molar-refractivity contribution in [1.82, 2.24) is 9.21 Å². The summed E-state index contributed by atoms with van der Waals surface area (Å²) in [6.45, 7) is 5.59. The van der Waals surface area contributed by atoms with Gasteiger partial charge in [0.2, 0.25) is 15.9 Å². The smallest absolute Gasteiger partial charge is 0.243 e. The standard InChI is InChI=1S/C23H32N2O3S/c1-16-3-4-17(2)21(9-16)29(27,28)25-7-5-24(6-8-25)22(26)23-13-18-10-19(14-23)12-20(11-18)15-23/h3-4,9,18-20H,5-8,10-15H2,1-2H3. The first kappa shape index (κ1) is 19.6. The van der Waals surface area contributed by atoms with Gasteiger partial charge in [-0.3, -0.25) is 4.79 Å². The number of nitrogens with zero attached hydrogens (tertiary/aromatic N) is 2. The predicted molar refractivity (Wildman–Crippen MR) is 112 cm³/mol. The Balaban J connectivity index is 1.29. The lowest BCUT2D eigenvalue weighted by Gasteiger charge is -2.57. The molecule has 0 atom stereocenters. The molecule has 29 heavy (non-hydrogen) atoms. The van der Waals surface area contributed by atoms with Crippen LogP contribution in [0.25, 0.3) is 0 Å². The number of benzene rings is 1. The zero-order chi connectivity index (χ0) is 20.4. The van der Waals surface area contributed by atoms with Gasteiger partial charge in [0.05, 0.1) is 10.3 Å². The van der Waals surface area contributed by atoms with Crippen LogP contribution in [0.3, 0.4) is 0 Å². The minimum absolute atomic E-state index is 0.136. The Bertz CT molecular complexity index is 896. The van der Waals surface area contributed by atoms with Crippen molar-refractivity contribution in [2.24, 2.45) is 23.2 Å². The van der Waals surface area contributed by atoms with Crippen LogP contribution in [0.15, 0.2) is 23.1 Å². The van der Waals surface area contributed by atoms with E-state index in [1.54, 1.807) is 10.4 Å². The fourth-order valence-electron chi connectivity index (χ4n) is 6.96. The monoisotopic (exact) mass is 416 g/mol. The topological polar surface area (TPSA) is 57.7 Å².